The van der Waals surface area contributed by atoms with E-state index in [1.165, 1.54) is 11.3 Å². The molecule has 2 aromatic rings. The van der Waals surface area contributed by atoms with Crippen LogP contribution in [0.5, 0.6) is 0 Å². The second-order valence-corrected chi connectivity index (χ2v) is 3.98. The molecule has 0 fully saturated rings. The summed E-state index contributed by atoms with van der Waals surface area (Å²) in [4.78, 5) is 15.3. The van der Waals surface area contributed by atoms with Crippen molar-refractivity contribution in [3.05, 3.63) is 28.0 Å². The Labute approximate surface area is 82.3 Å². The zero-order valence-corrected chi connectivity index (χ0v) is 8.06. The fourth-order valence-corrected chi connectivity index (χ4v) is 2.50. The van der Waals surface area contributed by atoms with E-state index in [-0.39, 0.29) is 5.69 Å². The van der Waals surface area contributed by atoms with Gasteiger partial charge < -0.3 is 5.11 Å². The molecule has 0 aliphatic heterocycles. The number of hydrogen-bond acceptors (Lipinski definition) is 4. The monoisotopic (exact) mass is 211 g/mol. The quantitative estimate of drug-likeness (QED) is 0.830. The topological polar surface area (TPSA) is 50.2 Å². The highest BCUT2D eigenvalue weighted by atomic mass is 32.1. The van der Waals surface area contributed by atoms with Crippen LogP contribution >= 0.6 is 22.7 Å². The van der Waals surface area contributed by atoms with Crippen molar-refractivity contribution in [2.75, 3.05) is 0 Å². The molecular weight excluding hydrogens is 206 g/mol. The third-order valence-electron chi connectivity index (χ3n) is 1.55. The third-order valence-corrected chi connectivity index (χ3v) is 3.11. The Morgan fingerprint density at radius 2 is 2.38 bits per heavy atom. The lowest BCUT2D eigenvalue weighted by molar-refractivity contribution is 0.0692. The zero-order chi connectivity index (χ0) is 9.26. The van der Waals surface area contributed by atoms with Crippen molar-refractivity contribution < 1.29 is 9.90 Å². The van der Waals surface area contributed by atoms with E-state index in [0.717, 1.165) is 10.4 Å². The molecule has 2 heterocycles. The summed E-state index contributed by atoms with van der Waals surface area (Å²) in [6.07, 6.45) is 0. The van der Waals surface area contributed by atoms with Gasteiger partial charge in [-0.05, 0) is 16.8 Å². The van der Waals surface area contributed by atoms with Crippen LogP contribution in [0.3, 0.4) is 0 Å². The normalized spacial score (nSPS) is 10.2. The number of nitrogens with zero attached hydrogens (tertiary/aromatic N) is 1. The Hall–Kier alpha value is -1.20. The van der Waals surface area contributed by atoms with Crippen LogP contribution in [-0.2, 0) is 0 Å². The van der Waals surface area contributed by atoms with E-state index in [0.29, 0.717) is 0 Å². The molecule has 0 bridgehead atoms. The van der Waals surface area contributed by atoms with Crippen molar-refractivity contribution in [2.24, 2.45) is 0 Å². The van der Waals surface area contributed by atoms with Gasteiger partial charge in [0.2, 0.25) is 0 Å². The number of carboxylic acids is 1. The number of aromatic nitrogens is 1. The maximum Gasteiger partial charge on any atom is 0.356 e. The highest BCUT2D eigenvalue weighted by Gasteiger charge is 2.14. The molecule has 5 heteroatoms. The highest BCUT2D eigenvalue weighted by molar-refractivity contribution is 7.14. The van der Waals surface area contributed by atoms with E-state index in [2.05, 4.69) is 4.98 Å². The Bertz CT molecular complexity index is 419. The molecule has 0 atom stereocenters. The SMILES string of the molecule is O=C(O)c1ncsc1-c1ccsc1. The second kappa shape index (κ2) is 3.27. The Balaban J connectivity index is 2.52. The summed E-state index contributed by atoms with van der Waals surface area (Å²) in [5.74, 6) is -0.970. The van der Waals surface area contributed by atoms with Crippen molar-refractivity contribution in [1.29, 1.82) is 0 Å². The van der Waals surface area contributed by atoms with Gasteiger partial charge in [-0.3, -0.25) is 0 Å². The van der Waals surface area contributed by atoms with Gasteiger partial charge in [0.25, 0.3) is 0 Å². The molecule has 0 amide bonds. The zero-order valence-electron chi connectivity index (χ0n) is 6.43. The number of rotatable bonds is 2. The van der Waals surface area contributed by atoms with E-state index in [4.69, 9.17) is 5.11 Å². The molecule has 0 saturated carbocycles. The standard InChI is InChI=1S/C8H5NO2S2/c10-8(11)6-7(13-4-9-6)5-1-2-12-3-5/h1-4H,(H,10,11). The first-order valence-electron chi connectivity index (χ1n) is 3.48. The van der Waals surface area contributed by atoms with E-state index in [1.807, 2.05) is 16.8 Å². The van der Waals surface area contributed by atoms with Crippen molar-refractivity contribution in [1.82, 2.24) is 4.98 Å². The van der Waals surface area contributed by atoms with Crippen LogP contribution in [-0.4, -0.2) is 16.1 Å². The van der Waals surface area contributed by atoms with Crippen LogP contribution in [0.25, 0.3) is 10.4 Å². The van der Waals surface area contributed by atoms with Crippen molar-refractivity contribution in [3.8, 4) is 10.4 Å². The minimum absolute atomic E-state index is 0.142. The van der Waals surface area contributed by atoms with Crippen LogP contribution in [0.15, 0.2) is 22.3 Å². The summed E-state index contributed by atoms with van der Waals surface area (Å²) < 4.78 is 0. The lowest BCUT2D eigenvalue weighted by Crippen LogP contribution is -1.97. The first-order chi connectivity index (χ1) is 6.29. The summed E-state index contributed by atoms with van der Waals surface area (Å²) in [5, 5.41) is 12.6. The Morgan fingerprint density at radius 1 is 1.54 bits per heavy atom. The van der Waals surface area contributed by atoms with Gasteiger partial charge in [-0.2, -0.15) is 11.3 Å². The molecule has 0 radical (unpaired) electrons. The number of carbonyl (C=O) groups is 1. The van der Waals surface area contributed by atoms with Gasteiger partial charge in [0.15, 0.2) is 5.69 Å². The van der Waals surface area contributed by atoms with Gasteiger partial charge in [-0.15, -0.1) is 11.3 Å². The van der Waals surface area contributed by atoms with Crippen LogP contribution in [0, 0.1) is 0 Å². The maximum atomic E-state index is 10.7. The molecule has 3 nitrogen and oxygen atoms in total. The first kappa shape index (κ1) is 8.40. The van der Waals surface area contributed by atoms with Crippen molar-refractivity contribution in [3.63, 3.8) is 0 Å². The molecular formula is C8H5NO2S2. The number of thiazole rings is 1. The molecule has 2 rings (SSSR count). The summed E-state index contributed by atoms with van der Waals surface area (Å²) >= 11 is 2.89. The van der Waals surface area contributed by atoms with Gasteiger partial charge >= 0.3 is 5.97 Å². The summed E-state index contributed by atoms with van der Waals surface area (Å²) in [5.41, 5.74) is 2.63. The fraction of sp³-hybridized carbons (Fsp3) is 0. The fourth-order valence-electron chi connectivity index (χ4n) is 0.997. The van der Waals surface area contributed by atoms with Crippen LogP contribution < -0.4 is 0 Å². The Morgan fingerprint density at radius 3 is 3.00 bits per heavy atom. The van der Waals surface area contributed by atoms with Gasteiger partial charge in [0, 0.05) is 5.56 Å². The van der Waals surface area contributed by atoms with Crippen LogP contribution in [0.2, 0.25) is 0 Å². The molecule has 0 spiro atoms. The number of thiophene rings is 1. The molecule has 1 N–H and O–H groups in total. The molecule has 0 saturated heterocycles. The third kappa shape index (κ3) is 1.48. The van der Waals surface area contributed by atoms with Gasteiger partial charge in [-0.25, -0.2) is 9.78 Å². The predicted octanol–water partition coefficient (Wildman–Crippen LogP) is 2.57. The molecule has 66 valence electrons. The average molecular weight is 211 g/mol. The molecule has 0 aromatic carbocycles. The largest absolute Gasteiger partial charge is 0.476 e. The molecule has 0 aliphatic rings. The number of aromatic carboxylic acids is 1. The van der Waals surface area contributed by atoms with E-state index >= 15 is 0 Å². The Kier molecular flexibility index (Phi) is 2.12. The lowest BCUT2D eigenvalue weighted by Gasteiger charge is -1.92. The minimum atomic E-state index is -0.970. The van der Waals surface area contributed by atoms with Gasteiger partial charge in [-0.1, -0.05) is 0 Å². The van der Waals surface area contributed by atoms with E-state index < -0.39 is 5.97 Å². The smallest absolute Gasteiger partial charge is 0.356 e. The predicted molar refractivity (Wildman–Crippen MR) is 52.4 cm³/mol. The summed E-state index contributed by atoms with van der Waals surface area (Å²) in [6.45, 7) is 0. The minimum Gasteiger partial charge on any atom is -0.476 e. The number of hydrogen-bond donors (Lipinski definition) is 1. The van der Waals surface area contributed by atoms with Crippen molar-refractivity contribution in [2.45, 2.75) is 0 Å². The molecule has 0 aliphatic carbocycles. The second-order valence-electron chi connectivity index (χ2n) is 2.35. The van der Waals surface area contributed by atoms with E-state index in [9.17, 15) is 4.79 Å². The molecule has 0 unspecified atom stereocenters. The lowest BCUT2D eigenvalue weighted by atomic mass is 10.2. The van der Waals surface area contributed by atoms with Crippen LogP contribution in [0.4, 0.5) is 0 Å². The van der Waals surface area contributed by atoms with Crippen molar-refractivity contribution >= 4 is 28.6 Å². The summed E-state index contributed by atoms with van der Waals surface area (Å²) in [6, 6.07) is 1.89. The van der Waals surface area contributed by atoms with Gasteiger partial charge in [0.05, 0.1) is 10.4 Å². The van der Waals surface area contributed by atoms with Crippen LogP contribution in [0.1, 0.15) is 10.5 Å². The highest BCUT2D eigenvalue weighted by Crippen LogP contribution is 2.29. The first-order valence-corrected chi connectivity index (χ1v) is 5.30. The van der Waals surface area contributed by atoms with Gasteiger partial charge in [0.1, 0.15) is 0 Å². The average Bonchev–Trinajstić information content (AvgIpc) is 2.74. The molecule has 2 aromatic heterocycles. The maximum absolute atomic E-state index is 10.7. The number of carboxylic acid groups (broad SMARTS) is 1. The van der Waals surface area contributed by atoms with E-state index in [1.54, 1.807) is 16.8 Å². The molecule has 13 heavy (non-hydrogen) atoms. The summed E-state index contributed by atoms with van der Waals surface area (Å²) in [7, 11) is 0.